The number of nitrogens with one attached hydrogen (secondary N) is 1. The first-order chi connectivity index (χ1) is 24.9. The summed E-state index contributed by atoms with van der Waals surface area (Å²) in [6.07, 6.45) is 10.5. The number of likely N-dealkylation sites (tertiary alicyclic amines) is 1. The Morgan fingerprint density at radius 2 is 1.54 bits per heavy atom. The number of hydrogen-bond donors (Lipinski definition) is 2. The van der Waals surface area contributed by atoms with Crippen LogP contribution in [0.25, 0.3) is 0 Å². The minimum atomic E-state index is -0.707. The van der Waals surface area contributed by atoms with Gasteiger partial charge in [0.25, 0.3) is 0 Å². The molecule has 4 rings (SSSR count). The molecule has 3 amide bonds. The molecule has 1 saturated carbocycles. The average Bonchev–Trinajstić information content (AvgIpc) is 3.91. The van der Waals surface area contributed by atoms with Gasteiger partial charge in [0.05, 0.1) is 31.9 Å². The molecule has 1 atom stereocenters. The molecule has 2 aliphatic rings. The fraction of sp³-hybridized carbons (Fsp3) is 0.667. The third-order valence-electron chi connectivity index (χ3n) is 7.51. The number of benzene rings is 1. The lowest BCUT2D eigenvalue weighted by atomic mass is 10.0. The molecule has 2 N–H and O–H groups in total. The van der Waals surface area contributed by atoms with Crippen LogP contribution in [0.1, 0.15) is 123 Å². The van der Waals surface area contributed by atoms with E-state index in [1.807, 2.05) is 27.7 Å². The molecule has 1 aliphatic heterocycles. The summed E-state index contributed by atoms with van der Waals surface area (Å²) in [7, 11) is 1.50. The maximum Gasteiger partial charge on any atom is 0.410 e. The molecule has 0 radical (unpaired) electrons. The zero-order valence-corrected chi connectivity index (χ0v) is 34.0. The second kappa shape index (κ2) is 29.0. The zero-order chi connectivity index (χ0) is 39.4. The van der Waals surface area contributed by atoms with Crippen LogP contribution < -0.4 is 10.1 Å². The SMILES string of the molecule is C1CCCCC1.CC.CC.CC(C(=O)NCC(=O)N1CCCC1)N(C)C(=O)OC(C)(C)C.O=C(c1cccc(OCCOCCO)c1)c1cscn1. The number of carbonyl (C=O) groups excluding carboxylic acids is 4. The molecule has 0 spiro atoms. The molecule has 0 bridgehead atoms. The molecule has 13 heteroatoms. The van der Waals surface area contributed by atoms with Crippen molar-refractivity contribution in [3.63, 3.8) is 0 Å². The van der Waals surface area contributed by atoms with Crippen molar-refractivity contribution >= 4 is 35.0 Å². The molecule has 2 aromatic rings. The van der Waals surface area contributed by atoms with Gasteiger partial charge in [-0.2, -0.15) is 0 Å². The van der Waals surface area contributed by atoms with Crippen LogP contribution in [0, 0.1) is 0 Å². The molecule has 12 nitrogen and oxygen atoms in total. The first kappa shape index (κ1) is 48.5. The summed E-state index contributed by atoms with van der Waals surface area (Å²) in [5.41, 5.74) is 2.00. The second-order valence-corrected chi connectivity index (χ2v) is 13.3. The summed E-state index contributed by atoms with van der Waals surface area (Å²) in [5, 5.41) is 12.9. The standard InChI is InChI=1S/C15H27N3O4.C14H15NO4S.C6H12.2C2H6/c1-11(17(5)14(21)22-15(2,3)4)13(20)16-10-12(19)18-8-6-7-9-18;16-4-5-18-6-7-19-12-3-1-2-11(8-12)14(17)13-9-20-10-15-13;1-2-4-6-5-3-1;2*1-2/h11H,6-10H2,1-5H3,(H,16,20);1-3,8-10,16H,4-7H2;1-6H2;2*1-2H3. The number of rotatable bonds is 12. The average molecular weight is 751 g/mol. The van der Waals surface area contributed by atoms with E-state index >= 15 is 0 Å². The molecule has 1 aliphatic carbocycles. The first-order valence-corrected chi connectivity index (χ1v) is 19.7. The Labute approximate surface area is 316 Å². The number of thiazole rings is 1. The summed E-state index contributed by atoms with van der Waals surface area (Å²) >= 11 is 1.39. The topological polar surface area (TPSA) is 148 Å². The number of aromatic nitrogens is 1. The van der Waals surface area contributed by atoms with Gasteiger partial charge in [0.2, 0.25) is 17.6 Å². The molecule has 2 heterocycles. The van der Waals surface area contributed by atoms with Crippen LogP contribution >= 0.6 is 11.3 Å². The minimum Gasteiger partial charge on any atom is -0.491 e. The Hall–Kier alpha value is -3.55. The van der Waals surface area contributed by atoms with E-state index in [1.165, 1.54) is 61.8 Å². The summed E-state index contributed by atoms with van der Waals surface area (Å²) in [6, 6.07) is 6.26. The summed E-state index contributed by atoms with van der Waals surface area (Å²) in [5.74, 6) is 0.0331. The molecule has 1 unspecified atom stereocenters. The molecule has 1 aromatic carbocycles. The molecule has 52 heavy (non-hydrogen) atoms. The van der Waals surface area contributed by atoms with E-state index in [2.05, 4.69) is 10.3 Å². The van der Waals surface area contributed by atoms with Gasteiger partial charge in [-0.15, -0.1) is 11.3 Å². The lowest BCUT2D eigenvalue weighted by Crippen LogP contribution is -2.49. The van der Waals surface area contributed by atoms with Crippen molar-refractivity contribution in [2.45, 2.75) is 118 Å². The lowest BCUT2D eigenvalue weighted by Gasteiger charge is -2.28. The zero-order valence-electron chi connectivity index (χ0n) is 33.2. The third-order valence-corrected chi connectivity index (χ3v) is 8.09. The highest BCUT2D eigenvalue weighted by Crippen LogP contribution is 2.17. The molecular weight excluding hydrogens is 685 g/mol. The maximum atomic E-state index is 12.1. The van der Waals surface area contributed by atoms with Crippen molar-refractivity contribution in [2.75, 3.05) is 53.1 Å². The van der Waals surface area contributed by atoms with Gasteiger partial charge in [-0.25, -0.2) is 9.78 Å². The van der Waals surface area contributed by atoms with E-state index in [9.17, 15) is 19.2 Å². The van der Waals surface area contributed by atoms with Gasteiger partial charge in [0, 0.05) is 31.1 Å². The van der Waals surface area contributed by atoms with Crippen molar-refractivity contribution in [3.05, 3.63) is 46.4 Å². The van der Waals surface area contributed by atoms with Gasteiger partial charge < -0.3 is 29.5 Å². The number of aliphatic hydroxyl groups excluding tert-OH is 1. The van der Waals surface area contributed by atoms with Crippen LogP contribution in [0.5, 0.6) is 5.75 Å². The van der Waals surface area contributed by atoms with E-state index in [0.29, 0.717) is 36.8 Å². The number of amides is 3. The van der Waals surface area contributed by atoms with Crippen LogP contribution in [0.15, 0.2) is 35.2 Å². The van der Waals surface area contributed by atoms with Gasteiger partial charge in [-0.05, 0) is 52.7 Å². The fourth-order valence-corrected chi connectivity index (χ4v) is 5.23. The number of ether oxygens (including phenoxy) is 3. The van der Waals surface area contributed by atoms with Crippen LogP contribution in [0.2, 0.25) is 0 Å². The molecule has 296 valence electrons. The quantitative estimate of drug-likeness (QED) is 0.171. The number of nitrogens with zero attached hydrogens (tertiary/aromatic N) is 3. The monoisotopic (exact) mass is 750 g/mol. The van der Waals surface area contributed by atoms with Gasteiger partial charge in [0.15, 0.2) is 0 Å². The number of ketones is 1. The highest BCUT2D eigenvalue weighted by molar-refractivity contribution is 7.07. The van der Waals surface area contributed by atoms with Gasteiger partial charge >= 0.3 is 6.09 Å². The van der Waals surface area contributed by atoms with Crippen molar-refractivity contribution in [3.8, 4) is 5.75 Å². The Kier molecular flexibility index (Phi) is 27.0. The third kappa shape index (κ3) is 21.1. The van der Waals surface area contributed by atoms with Gasteiger partial charge in [0.1, 0.15) is 29.7 Å². The van der Waals surface area contributed by atoms with Crippen LogP contribution in [0.3, 0.4) is 0 Å². The predicted molar refractivity (Wildman–Crippen MR) is 208 cm³/mol. The van der Waals surface area contributed by atoms with E-state index in [-0.39, 0.29) is 30.7 Å². The maximum absolute atomic E-state index is 12.1. The Morgan fingerprint density at radius 3 is 2.06 bits per heavy atom. The van der Waals surface area contributed by atoms with Gasteiger partial charge in [-0.1, -0.05) is 78.4 Å². The van der Waals surface area contributed by atoms with Crippen molar-refractivity contribution in [1.29, 1.82) is 0 Å². The molecule has 1 saturated heterocycles. The number of hydrogen-bond acceptors (Lipinski definition) is 10. The van der Waals surface area contributed by atoms with E-state index in [4.69, 9.17) is 19.3 Å². The number of aliphatic hydroxyl groups is 1. The summed E-state index contributed by atoms with van der Waals surface area (Å²) in [6.45, 7) is 17.4. The Balaban J connectivity index is 0.000000796. The van der Waals surface area contributed by atoms with Crippen LogP contribution in [-0.4, -0.2) is 108 Å². The second-order valence-electron chi connectivity index (χ2n) is 12.6. The highest BCUT2D eigenvalue weighted by Gasteiger charge is 2.27. The lowest BCUT2D eigenvalue weighted by molar-refractivity contribution is -0.133. The van der Waals surface area contributed by atoms with Crippen LogP contribution in [-0.2, 0) is 19.1 Å². The van der Waals surface area contributed by atoms with Gasteiger partial charge in [-0.3, -0.25) is 19.3 Å². The van der Waals surface area contributed by atoms with Crippen molar-refractivity contribution in [2.24, 2.45) is 0 Å². The molecular formula is C39H66N4O8S. The summed E-state index contributed by atoms with van der Waals surface area (Å²) in [4.78, 5) is 54.9. The Morgan fingerprint density at radius 1 is 0.942 bits per heavy atom. The normalized spacial score (nSPS) is 13.8. The fourth-order valence-electron chi connectivity index (χ4n) is 4.70. The number of likely N-dealkylation sites (N-methyl/N-ethyl adjacent to an activating group) is 1. The highest BCUT2D eigenvalue weighted by atomic mass is 32.1. The van der Waals surface area contributed by atoms with Crippen molar-refractivity contribution in [1.82, 2.24) is 20.1 Å². The smallest absolute Gasteiger partial charge is 0.410 e. The van der Waals surface area contributed by atoms with E-state index in [1.54, 1.807) is 67.8 Å². The summed E-state index contributed by atoms with van der Waals surface area (Å²) < 4.78 is 15.8. The van der Waals surface area contributed by atoms with E-state index < -0.39 is 17.7 Å². The first-order valence-electron chi connectivity index (χ1n) is 18.8. The van der Waals surface area contributed by atoms with Crippen molar-refractivity contribution < 1.29 is 38.5 Å². The predicted octanol–water partition coefficient (Wildman–Crippen LogP) is 7.14. The van der Waals surface area contributed by atoms with Crippen LogP contribution in [0.4, 0.5) is 4.79 Å². The van der Waals surface area contributed by atoms with E-state index in [0.717, 1.165) is 25.9 Å². The Bertz CT molecular complexity index is 1230. The molecule has 1 aromatic heterocycles. The number of carbonyl (C=O) groups is 4. The largest absolute Gasteiger partial charge is 0.491 e. The molecule has 2 fully saturated rings. The minimum absolute atomic E-state index is 0.00235.